The van der Waals surface area contributed by atoms with Crippen molar-refractivity contribution in [2.24, 2.45) is 0 Å². The highest BCUT2D eigenvalue weighted by Crippen LogP contribution is 2.30. The van der Waals surface area contributed by atoms with Crippen LogP contribution in [0.15, 0.2) is 30.5 Å². The van der Waals surface area contributed by atoms with Crippen molar-refractivity contribution in [3.63, 3.8) is 0 Å². The Labute approximate surface area is 145 Å². The van der Waals surface area contributed by atoms with E-state index in [9.17, 15) is 9.59 Å². The molecule has 0 aliphatic heterocycles. The molecule has 0 saturated heterocycles. The van der Waals surface area contributed by atoms with Crippen LogP contribution in [0, 0.1) is 0 Å². The zero-order chi connectivity index (χ0) is 17.9. The van der Waals surface area contributed by atoms with Crippen LogP contribution in [0.3, 0.4) is 0 Å². The van der Waals surface area contributed by atoms with E-state index in [1.165, 1.54) is 0 Å². The molecule has 0 saturated carbocycles. The van der Waals surface area contributed by atoms with E-state index in [0.29, 0.717) is 21.8 Å². The molecular formula is C17H20ClN3O3. The molecule has 1 heterocycles. The number of nitrogens with one attached hydrogen (secondary N) is 1. The summed E-state index contributed by atoms with van der Waals surface area (Å²) in [6, 6.07) is 7.16. The molecule has 0 aliphatic rings. The normalized spacial score (nSPS) is 11.3. The minimum atomic E-state index is -0.966. The second kappa shape index (κ2) is 7.05. The van der Waals surface area contributed by atoms with Crippen LogP contribution in [-0.2, 0) is 10.3 Å². The lowest BCUT2D eigenvalue weighted by Gasteiger charge is -2.18. The van der Waals surface area contributed by atoms with Gasteiger partial charge in [0.05, 0.1) is 22.5 Å². The van der Waals surface area contributed by atoms with Gasteiger partial charge in [0.2, 0.25) is 0 Å². The minimum absolute atomic E-state index is 0.0524. The van der Waals surface area contributed by atoms with Crippen LogP contribution >= 0.6 is 11.6 Å². The first-order valence-electron chi connectivity index (χ1n) is 7.55. The Bertz CT molecular complexity index is 763. The van der Waals surface area contributed by atoms with Crippen LogP contribution in [0.4, 0.5) is 0 Å². The van der Waals surface area contributed by atoms with Crippen molar-refractivity contribution in [1.82, 2.24) is 15.1 Å². The standard InChI is InChI=1S/C17H20ClN3O3/c1-17(2,3)21-10-12(16(24)19-9-8-14(22)23)15(20-21)11-6-4-5-7-13(11)18/h4-7,10H,8-9H2,1-3H3,(H,19,24)(H,22,23). The van der Waals surface area contributed by atoms with Crippen LogP contribution < -0.4 is 5.32 Å². The summed E-state index contributed by atoms with van der Waals surface area (Å²) in [5, 5.41) is 16.3. The SMILES string of the molecule is CC(C)(C)n1cc(C(=O)NCCC(=O)O)c(-c2ccccc2Cl)n1. The fourth-order valence-electron chi connectivity index (χ4n) is 2.11. The Kier molecular flexibility index (Phi) is 5.29. The molecule has 0 atom stereocenters. The van der Waals surface area contributed by atoms with Gasteiger partial charge in [0.25, 0.3) is 5.91 Å². The zero-order valence-electron chi connectivity index (χ0n) is 13.8. The maximum absolute atomic E-state index is 12.5. The van der Waals surface area contributed by atoms with Gasteiger partial charge < -0.3 is 10.4 Å². The van der Waals surface area contributed by atoms with Gasteiger partial charge in [-0.2, -0.15) is 5.10 Å². The van der Waals surface area contributed by atoms with E-state index >= 15 is 0 Å². The highest BCUT2D eigenvalue weighted by atomic mass is 35.5. The van der Waals surface area contributed by atoms with E-state index in [1.807, 2.05) is 26.8 Å². The number of aliphatic carboxylic acids is 1. The van der Waals surface area contributed by atoms with Gasteiger partial charge in [-0.3, -0.25) is 14.3 Å². The molecule has 2 aromatic rings. The molecule has 1 aromatic carbocycles. The number of amides is 1. The van der Waals surface area contributed by atoms with Crippen LogP contribution in [0.2, 0.25) is 5.02 Å². The van der Waals surface area contributed by atoms with E-state index in [1.54, 1.807) is 29.1 Å². The quantitative estimate of drug-likeness (QED) is 0.868. The number of carbonyl (C=O) groups is 2. The van der Waals surface area contributed by atoms with E-state index in [2.05, 4.69) is 10.4 Å². The molecular weight excluding hydrogens is 330 g/mol. The molecule has 0 radical (unpaired) electrons. The number of rotatable bonds is 5. The van der Waals surface area contributed by atoms with E-state index in [4.69, 9.17) is 16.7 Å². The van der Waals surface area contributed by atoms with Gasteiger partial charge in [-0.25, -0.2) is 0 Å². The number of carbonyl (C=O) groups excluding carboxylic acids is 1. The summed E-state index contributed by atoms with van der Waals surface area (Å²) in [7, 11) is 0. The molecule has 128 valence electrons. The van der Waals surface area contributed by atoms with Crippen LogP contribution in [0.5, 0.6) is 0 Å². The molecule has 1 amide bonds. The molecule has 7 heteroatoms. The lowest BCUT2D eigenvalue weighted by atomic mass is 10.1. The second-order valence-corrected chi connectivity index (χ2v) is 6.79. The number of halogens is 1. The fourth-order valence-corrected chi connectivity index (χ4v) is 2.34. The molecule has 0 bridgehead atoms. The van der Waals surface area contributed by atoms with Crippen LogP contribution in [0.1, 0.15) is 37.6 Å². The number of hydrogen-bond acceptors (Lipinski definition) is 3. The van der Waals surface area contributed by atoms with E-state index < -0.39 is 5.97 Å². The van der Waals surface area contributed by atoms with Gasteiger partial charge in [0, 0.05) is 18.3 Å². The Morgan fingerprint density at radius 2 is 1.96 bits per heavy atom. The summed E-state index contributed by atoms with van der Waals surface area (Å²) >= 11 is 6.25. The summed E-state index contributed by atoms with van der Waals surface area (Å²) in [4.78, 5) is 23.1. The third-order valence-electron chi connectivity index (χ3n) is 3.40. The molecule has 0 unspecified atom stereocenters. The van der Waals surface area contributed by atoms with Gasteiger partial charge >= 0.3 is 5.97 Å². The van der Waals surface area contributed by atoms with Crippen molar-refractivity contribution in [3.05, 3.63) is 41.0 Å². The predicted octanol–water partition coefficient (Wildman–Crippen LogP) is 3.16. The maximum atomic E-state index is 12.5. The first-order valence-corrected chi connectivity index (χ1v) is 7.93. The highest BCUT2D eigenvalue weighted by molar-refractivity contribution is 6.33. The highest BCUT2D eigenvalue weighted by Gasteiger charge is 2.23. The number of aromatic nitrogens is 2. The molecule has 0 spiro atoms. The molecule has 2 rings (SSSR count). The molecule has 24 heavy (non-hydrogen) atoms. The Morgan fingerprint density at radius 3 is 2.54 bits per heavy atom. The Balaban J connectivity index is 2.42. The average Bonchev–Trinajstić information content (AvgIpc) is 2.92. The Hall–Kier alpha value is -2.34. The molecule has 6 nitrogen and oxygen atoms in total. The fraction of sp³-hybridized carbons (Fsp3) is 0.353. The van der Waals surface area contributed by atoms with E-state index in [-0.39, 0.29) is 24.4 Å². The van der Waals surface area contributed by atoms with Crippen molar-refractivity contribution in [3.8, 4) is 11.3 Å². The van der Waals surface area contributed by atoms with Crippen molar-refractivity contribution >= 4 is 23.5 Å². The maximum Gasteiger partial charge on any atom is 0.305 e. The van der Waals surface area contributed by atoms with Gasteiger partial charge in [-0.05, 0) is 26.8 Å². The number of hydrogen-bond donors (Lipinski definition) is 2. The van der Waals surface area contributed by atoms with Crippen molar-refractivity contribution in [2.75, 3.05) is 6.54 Å². The monoisotopic (exact) mass is 349 g/mol. The summed E-state index contributed by atoms with van der Waals surface area (Å²) in [6.07, 6.45) is 1.52. The second-order valence-electron chi connectivity index (χ2n) is 6.39. The van der Waals surface area contributed by atoms with Crippen molar-refractivity contribution in [1.29, 1.82) is 0 Å². The molecule has 2 N–H and O–H groups in total. The number of carboxylic acid groups (broad SMARTS) is 1. The molecule has 0 aliphatic carbocycles. The molecule has 0 fully saturated rings. The lowest BCUT2D eigenvalue weighted by Crippen LogP contribution is -2.26. The van der Waals surface area contributed by atoms with Crippen molar-refractivity contribution < 1.29 is 14.7 Å². The van der Waals surface area contributed by atoms with Gasteiger partial charge in [0.15, 0.2) is 0 Å². The average molecular weight is 350 g/mol. The van der Waals surface area contributed by atoms with Gasteiger partial charge in [-0.15, -0.1) is 0 Å². The first-order chi connectivity index (χ1) is 11.2. The van der Waals surface area contributed by atoms with Crippen LogP contribution in [0.25, 0.3) is 11.3 Å². The minimum Gasteiger partial charge on any atom is -0.481 e. The topological polar surface area (TPSA) is 84.2 Å². The smallest absolute Gasteiger partial charge is 0.305 e. The Morgan fingerprint density at radius 1 is 1.29 bits per heavy atom. The van der Waals surface area contributed by atoms with Crippen molar-refractivity contribution in [2.45, 2.75) is 32.7 Å². The van der Waals surface area contributed by atoms with Crippen LogP contribution in [-0.4, -0.2) is 33.3 Å². The zero-order valence-corrected chi connectivity index (χ0v) is 14.6. The number of nitrogens with zero attached hydrogens (tertiary/aromatic N) is 2. The number of benzene rings is 1. The van der Waals surface area contributed by atoms with Gasteiger partial charge in [0.1, 0.15) is 5.69 Å². The third-order valence-corrected chi connectivity index (χ3v) is 3.73. The molecule has 1 aromatic heterocycles. The predicted molar refractivity (Wildman–Crippen MR) is 92.3 cm³/mol. The summed E-state index contributed by atoms with van der Waals surface area (Å²) in [6.45, 7) is 5.98. The number of carboxylic acids is 1. The largest absolute Gasteiger partial charge is 0.481 e. The summed E-state index contributed by atoms with van der Waals surface area (Å²) in [5.41, 5.74) is 1.19. The first kappa shape index (κ1) is 18.0. The third kappa shape index (κ3) is 4.14. The van der Waals surface area contributed by atoms with E-state index in [0.717, 1.165) is 0 Å². The summed E-state index contributed by atoms with van der Waals surface area (Å²) < 4.78 is 1.71. The lowest BCUT2D eigenvalue weighted by molar-refractivity contribution is -0.136. The van der Waals surface area contributed by atoms with Gasteiger partial charge in [-0.1, -0.05) is 29.8 Å². The summed E-state index contributed by atoms with van der Waals surface area (Å²) in [5.74, 6) is -1.34.